The van der Waals surface area contributed by atoms with E-state index in [1.807, 2.05) is 0 Å². The molecular weight excluding hydrogens is 146 g/mol. The molecule has 1 atom stereocenters. The third kappa shape index (κ3) is 1.40. The maximum absolute atomic E-state index is 9.81. The highest BCUT2D eigenvalue weighted by molar-refractivity contribution is 5.77. The van der Waals surface area contributed by atoms with E-state index in [0.717, 1.165) is 0 Å². The highest BCUT2D eigenvalue weighted by Gasteiger charge is 2.51. The van der Waals surface area contributed by atoms with E-state index in [2.05, 4.69) is 5.73 Å². The van der Waals surface area contributed by atoms with Gasteiger partial charge >= 0.3 is 11.9 Å². The third-order valence-electron chi connectivity index (χ3n) is 0.837. The second kappa shape index (κ2) is 2.15. The Balaban J connectivity index is 4.57. The van der Waals surface area contributed by atoms with Crippen molar-refractivity contribution in [1.82, 2.24) is 0 Å². The van der Waals surface area contributed by atoms with Crippen LogP contribution in [-0.2, 0) is 4.79 Å². The van der Waals surface area contributed by atoms with Crippen LogP contribution >= 0.6 is 0 Å². The number of nitrogens with two attached hydrogens (primary N) is 1. The number of carboxylic acid groups (broad SMARTS) is 1. The monoisotopic (exact) mass is 153 g/mol. The van der Waals surface area contributed by atoms with Crippen LogP contribution in [0.25, 0.3) is 0 Å². The summed E-state index contributed by atoms with van der Waals surface area (Å²) in [6, 6.07) is 0. The molecule has 7 N–H and O–H groups in total. The molecule has 0 aromatic rings. The molecular formula is C3H7NO6. The van der Waals surface area contributed by atoms with Crippen molar-refractivity contribution in [1.29, 1.82) is 0 Å². The molecule has 0 bridgehead atoms. The molecule has 0 radical (unpaired) electrons. The van der Waals surface area contributed by atoms with Crippen LogP contribution in [0, 0.1) is 0 Å². The normalized spacial score (nSPS) is 18.1. The van der Waals surface area contributed by atoms with Crippen molar-refractivity contribution < 1.29 is 30.3 Å². The van der Waals surface area contributed by atoms with Crippen molar-refractivity contribution in [2.45, 2.75) is 11.7 Å². The molecule has 0 aliphatic heterocycles. The van der Waals surface area contributed by atoms with Crippen LogP contribution in [-0.4, -0.2) is 43.2 Å². The average Bonchev–Trinajstić information content (AvgIpc) is 1.62. The van der Waals surface area contributed by atoms with E-state index >= 15 is 0 Å². The zero-order valence-corrected chi connectivity index (χ0v) is 4.72. The number of hydrogen-bond donors (Lipinski definition) is 6. The molecule has 7 nitrogen and oxygen atoms in total. The first-order chi connectivity index (χ1) is 4.19. The number of carboxylic acids is 1. The van der Waals surface area contributed by atoms with Crippen molar-refractivity contribution >= 4 is 5.97 Å². The first-order valence-electron chi connectivity index (χ1n) is 2.11. The summed E-state index contributed by atoms with van der Waals surface area (Å²) < 4.78 is 0. The summed E-state index contributed by atoms with van der Waals surface area (Å²) in [5.74, 6) is -6.00. The smallest absolute Gasteiger partial charge is 0.359 e. The standard InChI is InChI=1S/C3H7NO6/c4-2(7,1(5)6)3(8,9)10/h7-10H,4H2,(H,5,6). The minimum absolute atomic E-state index is 2.15. The summed E-state index contributed by atoms with van der Waals surface area (Å²) in [4.78, 5) is 9.81. The lowest BCUT2D eigenvalue weighted by Gasteiger charge is -2.26. The second-order valence-corrected chi connectivity index (χ2v) is 1.71. The maximum Gasteiger partial charge on any atom is 0.359 e. The molecule has 0 spiro atoms. The summed E-state index contributed by atoms with van der Waals surface area (Å²) in [6.07, 6.45) is 0. The van der Waals surface area contributed by atoms with Crippen molar-refractivity contribution in [2.24, 2.45) is 5.73 Å². The number of carbonyl (C=O) groups is 1. The predicted molar refractivity (Wildman–Crippen MR) is 26.2 cm³/mol. The molecule has 10 heavy (non-hydrogen) atoms. The summed E-state index contributed by atoms with van der Waals surface area (Å²) in [5.41, 5.74) is 0.863. The van der Waals surface area contributed by atoms with Crippen molar-refractivity contribution in [3.8, 4) is 0 Å². The average molecular weight is 153 g/mol. The van der Waals surface area contributed by atoms with E-state index in [9.17, 15) is 4.79 Å². The fourth-order valence-corrected chi connectivity index (χ4v) is 0.143. The van der Waals surface area contributed by atoms with E-state index in [0.29, 0.717) is 0 Å². The first kappa shape index (κ1) is 9.27. The van der Waals surface area contributed by atoms with Gasteiger partial charge < -0.3 is 25.5 Å². The zero-order chi connectivity index (χ0) is 8.58. The van der Waals surface area contributed by atoms with E-state index < -0.39 is 17.7 Å². The molecule has 0 aromatic carbocycles. The van der Waals surface area contributed by atoms with Gasteiger partial charge in [-0.1, -0.05) is 0 Å². The quantitative estimate of drug-likeness (QED) is 0.224. The van der Waals surface area contributed by atoms with Crippen LogP contribution in [0.15, 0.2) is 0 Å². The summed E-state index contributed by atoms with van der Waals surface area (Å²) >= 11 is 0. The lowest BCUT2D eigenvalue weighted by molar-refractivity contribution is -0.381. The molecule has 0 fully saturated rings. The Morgan fingerprint density at radius 3 is 1.50 bits per heavy atom. The Bertz CT molecular complexity index is 146. The lowest BCUT2D eigenvalue weighted by atomic mass is 10.2. The van der Waals surface area contributed by atoms with Gasteiger partial charge in [0.05, 0.1) is 0 Å². The Morgan fingerprint density at radius 1 is 1.20 bits per heavy atom. The van der Waals surface area contributed by atoms with Gasteiger partial charge in [0.25, 0.3) is 5.72 Å². The number of hydrogen-bond acceptors (Lipinski definition) is 6. The molecule has 0 rings (SSSR count). The van der Waals surface area contributed by atoms with Gasteiger partial charge in [0.2, 0.25) is 0 Å². The second-order valence-electron chi connectivity index (χ2n) is 1.71. The third-order valence-corrected chi connectivity index (χ3v) is 0.837. The van der Waals surface area contributed by atoms with Gasteiger partial charge in [-0.05, 0) is 0 Å². The first-order valence-corrected chi connectivity index (χ1v) is 2.11. The molecule has 0 amide bonds. The van der Waals surface area contributed by atoms with Crippen LogP contribution < -0.4 is 5.73 Å². The van der Waals surface area contributed by atoms with Gasteiger partial charge in [-0.25, -0.2) is 4.79 Å². The van der Waals surface area contributed by atoms with Crippen LogP contribution in [0.2, 0.25) is 0 Å². The number of aliphatic hydroxyl groups is 4. The van der Waals surface area contributed by atoms with Crippen molar-refractivity contribution in [2.75, 3.05) is 0 Å². The van der Waals surface area contributed by atoms with Gasteiger partial charge in [-0.2, -0.15) is 0 Å². The van der Waals surface area contributed by atoms with Gasteiger partial charge in [-0.3, -0.25) is 5.73 Å². The van der Waals surface area contributed by atoms with E-state index in [1.165, 1.54) is 0 Å². The summed E-state index contributed by atoms with van der Waals surface area (Å²) in [6.45, 7) is 0. The van der Waals surface area contributed by atoms with Crippen molar-refractivity contribution in [3.63, 3.8) is 0 Å². The fourth-order valence-electron chi connectivity index (χ4n) is 0.143. The molecule has 0 saturated heterocycles. The lowest BCUT2D eigenvalue weighted by Crippen LogP contribution is -2.65. The minimum atomic E-state index is -3.85. The van der Waals surface area contributed by atoms with Crippen LogP contribution in [0.3, 0.4) is 0 Å². The minimum Gasteiger partial charge on any atom is -0.478 e. The summed E-state index contributed by atoms with van der Waals surface area (Å²) in [5, 5.41) is 40.5. The molecule has 0 aliphatic rings. The van der Waals surface area contributed by atoms with E-state index in [4.69, 9.17) is 25.5 Å². The Hall–Kier alpha value is -0.730. The molecule has 0 saturated carbocycles. The predicted octanol–water partition coefficient (Wildman–Crippen LogP) is -3.65. The number of rotatable bonds is 2. The topological polar surface area (TPSA) is 144 Å². The van der Waals surface area contributed by atoms with Gasteiger partial charge in [0.15, 0.2) is 0 Å². The largest absolute Gasteiger partial charge is 0.478 e. The zero-order valence-electron chi connectivity index (χ0n) is 4.72. The highest BCUT2D eigenvalue weighted by atomic mass is 16.7. The van der Waals surface area contributed by atoms with Gasteiger partial charge in [-0.15, -0.1) is 0 Å². The molecule has 60 valence electrons. The fraction of sp³-hybridized carbons (Fsp3) is 0.667. The Morgan fingerprint density at radius 2 is 1.50 bits per heavy atom. The van der Waals surface area contributed by atoms with Crippen molar-refractivity contribution in [3.05, 3.63) is 0 Å². The maximum atomic E-state index is 9.81. The van der Waals surface area contributed by atoms with E-state index in [-0.39, 0.29) is 0 Å². The van der Waals surface area contributed by atoms with Gasteiger partial charge in [0, 0.05) is 0 Å². The van der Waals surface area contributed by atoms with Gasteiger partial charge in [0.1, 0.15) is 0 Å². The molecule has 7 heteroatoms. The summed E-state index contributed by atoms with van der Waals surface area (Å²) in [7, 11) is 0. The number of aliphatic carboxylic acids is 1. The van der Waals surface area contributed by atoms with Crippen LogP contribution in [0.5, 0.6) is 0 Å². The molecule has 0 heterocycles. The molecule has 1 unspecified atom stereocenters. The Kier molecular flexibility index (Phi) is 1.99. The van der Waals surface area contributed by atoms with Crippen LogP contribution in [0.1, 0.15) is 0 Å². The highest BCUT2D eigenvalue weighted by Crippen LogP contribution is 2.09. The molecule has 0 aromatic heterocycles. The Labute approximate surface area is 54.9 Å². The molecule has 0 aliphatic carbocycles. The van der Waals surface area contributed by atoms with Crippen LogP contribution in [0.4, 0.5) is 0 Å². The van der Waals surface area contributed by atoms with E-state index in [1.54, 1.807) is 0 Å². The SMILES string of the molecule is NC(O)(C(=O)O)C(O)(O)O.